The maximum atomic E-state index is 13.9. The van der Waals surface area contributed by atoms with Gasteiger partial charge in [0.05, 0.1) is 12.0 Å². The van der Waals surface area contributed by atoms with E-state index in [-0.39, 0.29) is 5.56 Å². The van der Waals surface area contributed by atoms with Crippen LogP contribution in [0.2, 0.25) is 0 Å². The summed E-state index contributed by atoms with van der Waals surface area (Å²) in [5.74, 6) is -4.34. The molecule has 2 nitrogen and oxygen atoms in total. The van der Waals surface area contributed by atoms with E-state index in [0.717, 1.165) is 24.5 Å². The summed E-state index contributed by atoms with van der Waals surface area (Å²) in [4.78, 5) is 11.2. The van der Waals surface area contributed by atoms with E-state index in [1.54, 1.807) is 0 Å². The van der Waals surface area contributed by atoms with Gasteiger partial charge in [-0.25, -0.2) is 8.78 Å². The van der Waals surface area contributed by atoms with E-state index >= 15 is 0 Å². The summed E-state index contributed by atoms with van der Waals surface area (Å²) in [6.45, 7) is 0. The molecule has 94 valence electrons. The number of carbonyl (C=O) groups excluding carboxylic acids is 1. The third-order valence-corrected chi connectivity index (χ3v) is 3.37. The van der Waals surface area contributed by atoms with Crippen molar-refractivity contribution in [1.82, 2.24) is 0 Å². The number of hydrogen-bond acceptors (Lipinski definition) is 3. The summed E-state index contributed by atoms with van der Waals surface area (Å²) in [5.41, 5.74) is -0.135. The van der Waals surface area contributed by atoms with Crippen molar-refractivity contribution in [2.45, 2.75) is 0 Å². The molecule has 0 atom stereocenters. The minimum Gasteiger partial charge on any atom is -0.491 e. The number of aldehydes is 1. The molecule has 0 amide bonds. The van der Waals surface area contributed by atoms with E-state index in [4.69, 9.17) is 0 Å². The van der Waals surface area contributed by atoms with Gasteiger partial charge in [-0.1, -0.05) is 0 Å². The third-order valence-electron chi connectivity index (χ3n) is 2.33. The van der Waals surface area contributed by atoms with Crippen LogP contribution in [0.15, 0.2) is 18.2 Å². The lowest BCUT2D eigenvalue weighted by Gasteiger charge is -2.08. The molecule has 2 aromatic rings. The molecule has 6 heteroatoms. The number of hydrogen-bond donors (Lipinski definition) is 0. The highest BCUT2D eigenvalue weighted by molar-refractivity contribution is 7.17. The fraction of sp³-hybridized carbons (Fsp3) is 0.0833. The number of halogens is 3. The van der Waals surface area contributed by atoms with E-state index < -0.39 is 23.2 Å². The van der Waals surface area contributed by atoms with Crippen LogP contribution in [0.3, 0.4) is 0 Å². The van der Waals surface area contributed by atoms with Crippen LogP contribution in [0.4, 0.5) is 13.2 Å². The summed E-state index contributed by atoms with van der Waals surface area (Å²) in [6, 6.07) is 3.68. The van der Waals surface area contributed by atoms with Gasteiger partial charge in [-0.2, -0.15) is 4.39 Å². The van der Waals surface area contributed by atoms with Gasteiger partial charge in [-0.3, -0.25) is 4.79 Å². The molecule has 1 aromatic heterocycles. The fourth-order valence-corrected chi connectivity index (χ4v) is 2.33. The van der Waals surface area contributed by atoms with Gasteiger partial charge < -0.3 is 4.74 Å². The lowest BCUT2D eigenvalue weighted by atomic mass is 10.1. The maximum absolute atomic E-state index is 13.9. The predicted molar refractivity (Wildman–Crippen MR) is 61.6 cm³/mol. The minimum atomic E-state index is -1.37. The maximum Gasteiger partial charge on any atom is 0.203 e. The predicted octanol–water partition coefficient (Wildman–Crippen LogP) is 3.65. The molecule has 0 aliphatic carbocycles. The van der Waals surface area contributed by atoms with Crippen molar-refractivity contribution in [1.29, 1.82) is 0 Å². The van der Waals surface area contributed by atoms with Gasteiger partial charge in [0.2, 0.25) is 5.82 Å². The summed E-state index contributed by atoms with van der Waals surface area (Å²) in [7, 11) is 1.05. The first-order valence-corrected chi connectivity index (χ1v) is 5.67. The molecule has 0 unspecified atom stereocenters. The van der Waals surface area contributed by atoms with Gasteiger partial charge in [0, 0.05) is 10.4 Å². The van der Waals surface area contributed by atoms with Gasteiger partial charge in [-0.15, -0.1) is 11.3 Å². The van der Waals surface area contributed by atoms with E-state index in [2.05, 4.69) is 4.74 Å². The van der Waals surface area contributed by atoms with Crippen LogP contribution >= 0.6 is 11.3 Å². The van der Waals surface area contributed by atoms with Crippen molar-refractivity contribution < 1.29 is 22.7 Å². The average molecular weight is 272 g/mol. The van der Waals surface area contributed by atoms with Crippen LogP contribution in [0.1, 0.15) is 9.67 Å². The average Bonchev–Trinajstić information content (AvgIpc) is 2.83. The largest absolute Gasteiger partial charge is 0.491 e. The molecule has 0 bridgehead atoms. The summed E-state index contributed by atoms with van der Waals surface area (Å²) in [5, 5.41) is 0. The second-order valence-corrected chi connectivity index (χ2v) is 4.50. The van der Waals surface area contributed by atoms with Gasteiger partial charge in [0.1, 0.15) is 0 Å². The first kappa shape index (κ1) is 12.6. The lowest BCUT2D eigenvalue weighted by Crippen LogP contribution is -1.98. The van der Waals surface area contributed by atoms with Gasteiger partial charge >= 0.3 is 0 Å². The summed E-state index contributed by atoms with van der Waals surface area (Å²) >= 11 is 0.981. The van der Waals surface area contributed by atoms with Crippen LogP contribution < -0.4 is 4.74 Å². The fourth-order valence-electron chi connectivity index (χ4n) is 1.50. The Morgan fingerprint density at radius 1 is 1.22 bits per heavy atom. The van der Waals surface area contributed by atoms with Crippen LogP contribution in [-0.2, 0) is 0 Å². The standard InChI is InChI=1S/C12H7F3O2S/c1-17-12-10(14)7(4-8(13)11(12)15)9-3-2-6(5-16)18-9/h2-5H,1H3. The normalized spacial score (nSPS) is 10.4. The molecule has 0 aliphatic heterocycles. The molecule has 0 radical (unpaired) electrons. The van der Waals surface area contributed by atoms with E-state index in [0.29, 0.717) is 16.0 Å². The summed E-state index contributed by atoms with van der Waals surface area (Å²) < 4.78 is 44.9. The zero-order chi connectivity index (χ0) is 13.3. The highest BCUT2D eigenvalue weighted by Gasteiger charge is 2.21. The Balaban J connectivity index is 2.64. The Morgan fingerprint density at radius 3 is 2.50 bits per heavy atom. The molecule has 0 saturated heterocycles. The molecule has 0 aliphatic rings. The van der Waals surface area contributed by atoms with Crippen molar-refractivity contribution in [3.63, 3.8) is 0 Å². The molecule has 0 saturated carbocycles. The Bertz CT molecular complexity index is 608. The SMILES string of the molecule is COc1c(F)c(F)cc(-c2ccc(C=O)s2)c1F. The second kappa shape index (κ2) is 4.81. The van der Waals surface area contributed by atoms with Gasteiger partial charge in [0.15, 0.2) is 23.7 Å². The van der Waals surface area contributed by atoms with Crippen molar-refractivity contribution in [2.75, 3.05) is 7.11 Å². The van der Waals surface area contributed by atoms with E-state index in [9.17, 15) is 18.0 Å². The molecule has 0 fully saturated rings. The smallest absolute Gasteiger partial charge is 0.203 e. The molecule has 0 spiro atoms. The Hall–Kier alpha value is -1.82. The second-order valence-electron chi connectivity index (χ2n) is 3.39. The van der Waals surface area contributed by atoms with Crippen molar-refractivity contribution in [2.24, 2.45) is 0 Å². The topological polar surface area (TPSA) is 26.3 Å². The summed E-state index contributed by atoms with van der Waals surface area (Å²) in [6.07, 6.45) is 0.600. The highest BCUT2D eigenvalue weighted by Crippen LogP contribution is 2.36. The molecule has 2 rings (SSSR count). The van der Waals surface area contributed by atoms with Crippen LogP contribution in [0, 0.1) is 17.5 Å². The van der Waals surface area contributed by atoms with E-state index in [1.165, 1.54) is 12.1 Å². The number of benzene rings is 1. The third kappa shape index (κ3) is 1.99. The first-order valence-electron chi connectivity index (χ1n) is 4.85. The Labute approximate surface area is 105 Å². The number of carbonyl (C=O) groups is 1. The van der Waals surface area contributed by atoms with Crippen molar-refractivity contribution in [3.05, 3.63) is 40.5 Å². The Morgan fingerprint density at radius 2 is 1.94 bits per heavy atom. The van der Waals surface area contributed by atoms with Crippen molar-refractivity contribution >= 4 is 17.6 Å². The molecule has 0 N–H and O–H groups in total. The molecule has 1 heterocycles. The van der Waals surface area contributed by atoms with Crippen LogP contribution in [0.5, 0.6) is 5.75 Å². The monoisotopic (exact) mass is 272 g/mol. The van der Waals surface area contributed by atoms with E-state index in [1.807, 2.05) is 0 Å². The number of rotatable bonds is 3. The number of ether oxygens (including phenoxy) is 1. The van der Waals surface area contributed by atoms with Crippen molar-refractivity contribution in [3.8, 4) is 16.2 Å². The number of methoxy groups -OCH3 is 1. The quantitative estimate of drug-likeness (QED) is 0.629. The number of thiophene rings is 1. The minimum absolute atomic E-state index is 0.135. The highest BCUT2D eigenvalue weighted by atomic mass is 32.1. The molecular weight excluding hydrogens is 265 g/mol. The van der Waals surface area contributed by atoms with Crippen LogP contribution in [0.25, 0.3) is 10.4 Å². The zero-order valence-electron chi connectivity index (χ0n) is 9.17. The lowest BCUT2D eigenvalue weighted by molar-refractivity contribution is 0.112. The molecular formula is C12H7F3O2S. The van der Waals surface area contributed by atoms with Gasteiger partial charge in [-0.05, 0) is 18.2 Å². The first-order chi connectivity index (χ1) is 8.58. The molecule has 18 heavy (non-hydrogen) atoms. The molecule has 1 aromatic carbocycles. The zero-order valence-corrected chi connectivity index (χ0v) is 9.98. The van der Waals surface area contributed by atoms with Crippen LogP contribution in [-0.4, -0.2) is 13.4 Å². The van der Waals surface area contributed by atoms with Gasteiger partial charge in [0.25, 0.3) is 0 Å². The Kier molecular flexibility index (Phi) is 3.38.